The Morgan fingerprint density at radius 2 is 2.10 bits per heavy atom. The van der Waals surface area contributed by atoms with Crippen LogP contribution >= 0.6 is 11.6 Å². The summed E-state index contributed by atoms with van der Waals surface area (Å²) in [7, 11) is 0. The number of hydrogen-bond donors (Lipinski definition) is 1. The van der Waals surface area contributed by atoms with Gasteiger partial charge < -0.3 is 9.84 Å². The van der Waals surface area contributed by atoms with Gasteiger partial charge in [-0.3, -0.25) is 9.78 Å². The lowest BCUT2D eigenvalue weighted by molar-refractivity contribution is -0.137. The second-order valence-electron chi connectivity index (χ2n) is 8.93. The van der Waals surface area contributed by atoms with Crippen LogP contribution in [-0.4, -0.2) is 16.1 Å². The summed E-state index contributed by atoms with van der Waals surface area (Å²) in [4.78, 5) is 15.2. The predicted octanol–water partition coefficient (Wildman–Crippen LogP) is 7.11. The highest BCUT2D eigenvalue weighted by Crippen LogP contribution is 2.50. The lowest BCUT2D eigenvalue weighted by Crippen LogP contribution is -2.07. The summed E-state index contributed by atoms with van der Waals surface area (Å²) in [5, 5.41) is 9.65. The second-order valence-corrected chi connectivity index (χ2v) is 9.33. The van der Waals surface area contributed by atoms with Crippen molar-refractivity contribution in [1.29, 1.82) is 0 Å². The first-order chi connectivity index (χ1) is 15.0. The molecule has 0 bridgehead atoms. The van der Waals surface area contributed by atoms with Gasteiger partial charge in [0, 0.05) is 23.2 Å². The third-order valence-corrected chi connectivity index (χ3v) is 7.07. The van der Waals surface area contributed by atoms with Crippen molar-refractivity contribution in [3.63, 3.8) is 0 Å². The maximum Gasteiger partial charge on any atom is 0.303 e. The minimum atomic E-state index is -0.670. The van der Waals surface area contributed by atoms with Gasteiger partial charge in [0.2, 0.25) is 0 Å². The number of benzene rings is 1. The summed E-state index contributed by atoms with van der Waals surface area (Å²) in [6.45, 7) is 4.88. The molecular formula is C26H34ClNO3. The number of rotatable bonds is 13. The van der Waals surface area contributed by atoms with Crippen molar-refractivity contribution in [2.45, 2.75) is 71.3 Å². The Hall–Kier alpha value is -2.07. The lowest BCUT2D eigenvalue weighted by atomic mass is 9.91. The fourth-order valence-electron chi connectivity index (χ4n) is 4.62. The molecule has 168 valence electrons. The number of hydrogen-bond acceptors (Lipinski definition) is 3. The molecule has 31 heavy (non-hydrogen) atoms. The molecule has 3 unspecified atom stereocenters. The Balaban J connectivity index is 1.42. The van der Waals surface area contributed by atoms with E-state index in [0.717, 1.165) is 42.4 Å². The van der Waals surface area contributed by atoms with E-state index in [2.05, 4.69) is 24.9 Å². The van der Waals surface area contributed by atoms with Crippen molar-refractivity contribution in [2.75, 3.05) is 0 Å². The Morgan fingerprint density at radius 3 is 2.84 bits per heavy atom. The first kappa shape index (κ1) is 23.6. The molecule has 0 spiro atoms. The molecule has 5 heteroatoms. The number of ether oxygens (including phenoxy) is 1. The Bertz CT molecular complexity index is 856. The molecule has 0 amide bonds. The molecule has 1 aliphatic rings. The van der Waals surface area contributed by atoms with Crippen molar-refractivity contribution < 1.29 is 14.6 Å². The third-order valence-electron chi connectivity index (χ3n) is 6.70. The van der Waals surface area contributed by atoms with Gasteiger partial charge in [-0.2, -0.15) is 0 Å². The summed E-state index contributed by atoms with van der Waals surface area (Å²) >= 11 is 6.21. The molecule has 0 radical (unpaired) electrons. The van der Waals surface area contributed by atoms with Crippen molar-refractivity contribution in [1.82, 2.24) is 4.98 Å². The minimum absolute atomic E-state index is 0.306. The van der Waals surface area contributed by atoms with Crippen LogP contribution in [0.1, 0.15) is 75.8 Å². The zero-order chi connectivity index (χ0) is 22.2. The van der Waals surface area contributed by atoms with Gasteiger partial charge in [0.15, 0.2) is 0 Å². The number of carbonyl (C=O) groups is 1. The number of pyridine rings is 1. The second kappa shape index (κ2) is 11.5. The molecule has 2 aromatic rings. The van der Waals surface area contributed by atoms with E-state index in [0.29, 0.717) is 29.9 Å². The van der Waals surface area contributed by atoms with Crippen LogP contribution in [0.25, 0.3) is 0 Å². The van der Waals surface area contributed by atoms with E-state index in [1.807, 2.05) is 30.5 Å². The van der Waals surface area contributed by atoms with Crippen LogP contribution < -0.4 is 4.74 Å². The van der Waals surface area contributed by atoms with Crippen molar-refractivity contribution in [3.8, 4) is 5.75 Å². The number of aliphatic carboxylic acids is 1. The maximum absolute atomic E-state index is 10.9. The zero-order valence-electron chi connectivity index (χ0n) is 18.6. The topological polar surface area (TPSA) is 59.4 Å². The van der Waals surface area contributed by atoms with Crippen molar-refractivity contribution >= 4 is 17.6 Å². The number of aromatic nitrogens is 1. The molecule has 1 N–H and O–H groups in total. The smallest absolute Gasteiger partial charge is 0.303 e. The Kier molecular flexibility index (Phi) is 8.77. The maximum atomic E-state index is 10.9. The molecule has 0 saturated heterocycles. The predicted molar refractivity (Wildman–Crippen MR) is 125 cm³/mol. The van der Waals surface area contributed by atoms with Crippen LogP contribution in [0, 0.1) is 17.8 Å². The normalized spacial score (nSPS) is 19.6. The molecule has 0 aliphatic heterocycles. The highest BCUT2D eigenvalue weighted by molar-refractivity contribution is 6.31. The number of nitrogens with zero attached hydrogens (tertiary/aromatic N) is 1. The fourth-order valence-corrected chi connectivity index (χ4v) is 4.81. The minimum Gasteiger partial charge on any atom is -0.487 e. The molecule has 3 rings (SSSR count). The molecule has 1 heterocycles. The molecule has 1 aromatic heterocycles. The van der Waals surface area contributed by atoms with Crippen LogP contribution in [0.15, 0.2) is 42.7 Å². The largest absolute Gasteiger partial charge is 0.487 e. The fraction of sp³-hybridized carbons (Fsp3) is 0.538. The van der Waals surface area contributed by atoms with E-state index in [9.17, 15) is 4.79 Å². The quantitative estimate of drug-likeness (QED) is 0.358. The Morgan fingerprint density at radius 1 is 1.29 bits per heavy atom. The summed E-state index contributed by atoms with van der Waals surface area (Å²) < 4.78 is 5.92. The van der Waals surface area contributed by atoms with E-state index < -0.39 is 5.97 Å². The van der Waals surface area contributed by atoms with Crippen LogP contribution in [0.4, 0.5) is 0 Å². The lowest BCUT2D eigenvalue weighted by Gasteiger charge is -2.15. The monoisotopic (exact) mass is 443 g/mol. The van der Waals surface area contributed by atoms with E-state index in [1.54, 1.807) is 6.20 Å². The van der Waals surface area contributed by atoms with Gasteiger partial charge in [-0.15, -0.1) is 0 Å². The van der Waals surface area contributed by atoms with Gasteiger partial charge >= 0.3 is 5.97 Å². The average Bonchev–Trinajstić information content (AvgIpc) is 3.53. The molecular weight excluding hydrogens is 410 g/mol. The molecule has 1 saturated carbocycles. The van der Waals surface area contributed by atoms with Gasteiger partial charge in [-0.1, -0.05) is 62.9 Å². The van der Waals surface area contributed by atoms with Gasteiger partial charge in [-0.05, 0) is 60.6 Å². The first-order valence-electron chi connectivity index (χ1n) is 11.5. The average molecular weight is 444 g/mol. The summed E-state index contributed by atoms with van der Waals surface area (Å²) in [6, 6.07) is 9.81. The van der Waals surface area contributed by atoms with Crippen LogP contribution in [0.5, 0.6) is 5.75 Å². The first-order valence-corrected chi connectivity index (χ1v) is 11.9. The van der Waals surface area contributed by atoms with Crippen molar-refractivity contribution in [3.05, 3.63) is 58.9 Å². The zero-order valence-corrected chi connectivity index (χ0v) is 19.4. The summed E-state index contributed by atoms with van der Waals surface area (Å²) in [5.74, 6) is 2.64. The van der Waals surface area contributed by atoms with Gasteiger partial charge in [-0.25, -0.2) is 0 Å². The van der Waals surface area contributed by atoms with Gasteiger partial charge in [0.25, 0.3) is 0 Å². The van der Waals surface area contributed by atoms with Crippen LogP contribution in [0.3, 0.4) is 0 Å². The number of halogens is 1. The molecule has 1 fully saturated rings. The van der Waals surface area contributed by atoms with E-state index >= 15 is 0 Å². The third kappa shape index (κ3) is 7.24. The molecule has 4 atom stereocenters. The van der Waals surface area contributed by atoms with Gasteiger partial charge in [0.1, 0.15) is 12.4 Å². The Labute approximate surface area is 191 Å². The summed E-state index contributed by atoms with van der Waals surface area (Å²) in [5.41, 5.74) is 2.17. The van der Waals surface area contributed by atoms with Crippen molar-refractivity contribution in [2.24, 2.45) is 17.8 Å². The number of carboxylic acids is 1. The van der Waals surface area contributed by atoms with Gasteiger partial charge in [0.05, 0.1) is 6.20 Å². The van der Waals surface area contributed by atoms with E-state index in [4.69, 9.17) is 21.4 Å². The van der Waals surface area contributed by atoms with E-state index in [-0.39, 0.29) is 0 Å². The van der Waals surface area contributed by atoms with E-state index in [1.165, 1.54) is 24.8 Å². The highest BCUT2D eigenvalue weighted by atomic mass is 35.5. The standard InChI is InChI=1S/C26H34ClNO3/c1-3-19(11-12-26(29)30)24-14-20(24)9-6-7-18(2)22-13-23(16-28-15-22)31-17-21-8-4-5-10-25(21)27/h4-5,8,10,13,15-16,18-20,24H,3,6-7,9,11-12,14,17H2,1-2H3,(H,29,30)/t18?,19-,20?,24?/m1/s1. The summed E-state index contributed by atoms with van der Waals surface area (Å²) in [6.07, 6.45) is 10.8. The van der Waals surface area contributed by atoms with Crippen LogP contribution in [0.2, 0.25) is 5.02 Å². The molecule has 4 nitrogen and oxygen atoms in total. The SMILES string of the molecule is CC[C@H](CCC(=O)O)C1CC1CCCC(C)c1cncc(OCc2ccccc2Cl)c1. The highest BCUT2D eigenvalue weighted by Gasteiger charge is 2.41. The molecule has 1 aliphatic carbocycles. The number of carboxylic acid groups (broad SMARTS) is 1. The van der Waals surface area contributed by atoms with Crippen LogP contribution in [-0.2, 0) is 11.4 Å². The molecule has 1 aromatic carbocycles.